The molecule has 0 fully saturated rings. The number of carbonyl (C=O) groups is 2. The largest absolute Gasteiger partial charge is 0.466 e. The van der Waals surface area contributed by atoms with Gasteiger partial charge in [-0.1, -0.05) is 0 Å². The standard InChI is InChI=1S/C24H46O11/c1-5-34-22(25)6-8-27-10-12-29-14-16-31-18-20-33-21-19-32-17-15-30-13-11-28-9-7-23(26)35-24(2,3)4/h5-21H2,1-4H3. The summed E-state index contributed by atoms with van der Waals surface area (Å²) in [5.41, 5.74) is -0.471. The normalized spacial score (nSPS) is 11.5. The molecule has 0 aliphatic rings. The number of hydrogen-bond donors (Lipinski definition) is 0. The number of carbonyl (C=O) groups excluding carboxylic acids is 2. The molecule has 0 aliphatic carbocycles. The molecule has 0 rings (SSSR count). The second kappa shape index (κ2) is 24.4. The summed E-state index contributed by atoms with van der Waals surface area (Å²) >= 11 is 0. The second-order valence-corrected chi connectivity index (χ2v) is 8.18. The predicted octanol–water partition coefficient (Wildman–Crippen LogP) is 1.79. The van der Waals surface area contributed by atoms with E-state index in [1.165, 1.54) is 0 Å². The van der Waals surface area contributed by atoms with Crippen molar-refractivity contribution in [2.45, 2.75) is 46.1 Å². The molecule has 0 saturated heterocycles. The lowest BCUT2D eigenvalue weighted by Crippen LogP contribution is -2.24. The second-order valence-electron chi connectivity index (χ2n) is 8.18. The van der Waals surface area contributed by atoms with Crippen LogP contribution in [0.4, 0.5) is 0 Å². The average Bonchev–Trinajstić information content (AvgIpc) is 2.78. The molecule has 35 heavy (non-hydrogen) atoms. The predicted molar refractivity (Wildman–Crippen MR) is 127 cm³/mol. The number of ether oxygens (including phenoxy) is 9. The number of rotatable bonds is 25. The van der Waals surface area contributed by atoms with Crippen molar-refractivity contribution in [3.63, 3.8) is 0 Å². The number of esters is 2. The van der Waals surface area contributed by atoms with Gasteiger partial charge in [-0.25, -0.2) is 0 Å². The van der Waals surface area contributed by atoms with E-state index < -0.39 is 5.60 Å². The van der Waals surface area contributed by atoms with E-state index in [2.05, 4.69) is 0 Å². The maximum atomic E-state index is 11.5. The first-order chi connectivity index (χ1) is 16.8. The molecule has 0 radical (unpaired) electrons. The van der Waals surface area contributed by atoms with E-state index in [1.54, 1.807) is 6.92 Å². The fraction of sp³-hybridized carbons (Fsp3) is 0.917. The Bertz CT molecular complexity index is 494. The third kappa shape index (κ3) is 28.8. The number of hydrogen-bond acceptors (Lipinski definition) is 11. The lowest BCUT2D eigenvalue weighted by Gasteiger charge is -2.19. The summed E-state index contributed by atoms with van der Waals surface area (Å²) in [7, 11) is 0. The molecule has 0 atom stereocenters. The minimum absolute atomic E-state index is 0.232. The van der Waals surface area contributed by atoms with Gasteiger partial charge in [-0.05, 0) is 27.7 Å². The maximum absolute atomic E-state index is 11.5. The van der Waals surface area contributed by atoms with Gasteiger partial charge in [0.1, 0.15) is 5.60 Å². The van der Waals surface area contributed by atoms with Crippen molar-refractivity contribution in [2.24, 2.45) is 0 Å². The molecule has 0 aliphatic heterocycles. The molecule has 0 N–H and O–H groups in total. The summed E-state index contributed by atoms with van der Waals surface area (Å²) in [6.07, 6.45) is 0.487. The van der Waals surface area contributed by atoms with Crippen molar-refractivity contribution in [3.05, 3.63) is 0 Å². The van der Waals surface area contributed by atoms with Gasteiger partial charge in [-0.3, -0.25) is 9.59 Å². The van der Waals surface area contributed by atoms with Crippen molar-refractivity contribution < 1.29 is 52.2 Å². The minimum atomic E-state index is -0.471. The Kier molecular flexibility index (Phi) is 23.4. The fourth-order valence-electron chi connectivity index (χ4n) is 2.36. The van der Waals surface area contributed by atoms with Crippen molar-refractivity contribution in [2.75, 3.05) is 99.1 Å². The smallest absolute Gasteiger partial charge is 0.308 e. The van der Waals surface area contributed by atoms with Gasteiger partial charge < -0.3 is 42.6 Å². The van der Waals surface area contributed by atoms with E-state index in [1.807, 2.05) is 20.8 Å². The Morgan fingerprint density at radius 3 is 1.06 bits per heavy atom. The van der Waals surface area contributed by atoms with E-state index in [4.69, 9.17) is 42.6 Å². The third-order valence-electron chi connectivity index (χ3n) is 3.86. The van der Waals surface area contributed by atoms with Crippen LogP contribution in [0.1, 0.15) is 40.5 Å². The molecule has 0 unspecified atom stereocenters. The summed E-state index contributed by atoms with van der Waals surface area (Å²) in [6.45, 7) is 13.9. The molecule has 208 valence electrons. The zero-order valence-corrected chi connectivity index (χ0v) is 22.0. The van der Waals surface area contributed by atoms with Crippen LogP contribution in [0.25, 0.3) is 0 Å². The van der Waals surface area contributed by atoms with Gasteiger partial charge in [0.05, 0.1) is 112 Å². The van der Waals surface area contributed by atoms with Crippen LogP contribution in [-0.4, -0.2) is 117 Å². The van der Waals surface area contributed by atoms with E-state index in [-0.39, 0.29) is 24.8 Å². The van der Waals surface area contributed by atoms with E-state index in [9.17, 15) is 9.59 Å². The lowest BCUT2D eigenvalue weighted by molar-refractivity contribution is -0.156. The van der Waals surface area contributed by atoms with Crippen LogP contribution < -0.4 is 0 Å². The first-order valence-corrected chi connectivity index (χ1v) is 12.3. The Morgan fingerprint density at radius 2 is 0.771 bits per heavy atom. The van der Waals surface area contributed by atoms with E-state index in [0.717, 1.165) is 0 Å². The highest BCUT2D eigenvalue weighted by molar-refractivity contribution is 5.70. The molecule has 11 heteroatoms. The zero-order chi connectivity index (χ0) is 26.0. The van der Waals surface area contributed by atoms with Crippen LogP contribution >= 0.6 is 0 Å². The highest BCUT2D eigenvalue weighted by Crippen LogP contribution is 2.08. The van der Waals surface area contributed by atoms with Gasteiger partial charge in [0.15, 0.2) is 0 Å². The molecular formula is C24H46O11. The van der Waals surface area contributed by atoms with Gasteiger partial charge in [0.2, 0.25) is 0 Å². The molecule has 0 saturated carbocycles. The molecule has 0 heterocycles. The Balaban J connectivity index is 3.14. The molecule has 11 nitrogen and oxygen atoms in total. The van der Waals surface area contributed by atoms with Gasteiger partial charge >= 0.3 is 11.9 Å². The minimum Gasteiger partial charge on any atom is -0.466 e. The Hall–Kier alpha value is -1.34. The summed E-state index contributed by atoms with van der Waals surface area (Å²) in [6, 6.07) is 0. The lowest BCUT2D eigenvalue weighted by atomic mass is 10.2. The highest BCUT2D eigenvalue weighted by atomic mass is 16.6. The van der Waals surface area contributed by atoms with Crippen molar-refractivity contribution in [1.82, 2.24) is 0 Å². The topological polar surface area (TPSA) is 117 Å². The van der Waals surface area contributed by atoms with Crippen LogP contribution in [0, 0.1) is 0 Å². The van der Waals surface area contributed by atoms with Crippen LogP contribution in [0.15, 0.2) is 0 Å². The average molecular weight is 511 g/mol. The fourth-order valence-corrected chi connectivity index (χ4v) is 2.36. The Labute approximate surface area is 209 Å². The van der Waals surface area contributed by atoms with Crippen molar-refractivity contribution in [3.8, 4) is 0 Å². The molecule has 0 aromatic carbocycles. The SMILES string of the molecule is CCOC(=O)CCOCCOCCOCCOCCOCCOCCOCCC(=O)OC(C)(C)C. The van der Waals surface area contributed by atoms with Crippen molar-refractivity contribution >= 4 is 11.9 Å². The Morgan fingerprint density at radius 1 is 0.486 bits per heavy atom. The molecule has 0 spiro atoms. The monoisotopic (exact) mass is 510 g/mol. The highest BCUT2D eigenvalue weighted by Gasteiger charge is 2.15. The van der Waals surface area contributed by atoms with Gasteiger partial charge in [0.25, 0.3) is 0 Å². The quantitative estimate of drug-likeness (QED) is 0.132. The molecule has 0 aromatic rings. The molecule has 0 amide bonds. The summed E-state index contributed by atoms with van der Waals surface area (Å²) in [5.74, 6) is -0.520. The van der Waals surface area contributed by atoms with Crippen molar-refractivity contribution in [1.29, 1.82) is 0 Å². The third-order valence-corrected chi connectivity index (χ3v) is 3.86. The van der Waals surface area contributed by atoms with Crippen LogP contribution in [-0.2, 0) is 52.2 Å². The summed E-state index contributed by atoms with van der Waals surface area (Å²) in [4.78, 5) is 22.6. The first-order valence-electron chi connectivity index (χ1n) is 12.3. The van der Waals surface area contributed by atoms with Crippen LogP contribution in [0.3, 0.4) is 0 Å². The van der Waals surface area contributed by atoms with Gasteiger partial charge in [-0.2, -0.15) is 0 Å². The summed E-state index contributed by atoms with van der Waals surface area (Å²) in [5, 5.41) is 0. The maximum Gasteiger partial charge on any atom is 0.308 e. The van der Waals surface area contributed by atoms with Gasteiger partial charge in [-0.15, -0.1) is 0 Å². The van der Waals surface area contributed by atoms with Crippen LogP contribution in [0.5, 0.6) is 0 Å². The van der Waals surface area contributed by atoms with Crippen LogP contribution in [0.2, 0.25) is 0 Å². The van der Waals surface area contributed by atoms with E-state index in [0.29, 0.717) is 99.1 Å². The zero-order valence-electron chi connectivity index (χ0n) is 22.0. The first kappa shape index (κ1) is 33.7. The summed E-state index contributed by atoms with van der Waals surface area (Å²) < 4.78 is 47.6. The molecular weight excluding hydrogens is 464 g/mol. The molecule has 0 aromatic heterocycles. The molecule has 0 bridgehead atoms. The van der Waals surface area contributed by atoms with E-state index >= 15 is 0 Å². The van der Waals surface area contributed by atoms with Gasteiger partial charge in [0, 0.05) is 0 Å².